The average Bonchev–Trinajstić information content (AvgIpc) is 2.61. The molecule has 132 valence electrons. The van der Waals surface area contributed by atoms with Gasteiger partial charge in [0.2, 0.25) is 5.91 Å². The lowest BCUT2D eigenvalue weighted by Gasteiger charge is -2.22. The largest absolute Gasteiger partial charge is 0.494 e. The summed E-state index contributed by atoms with van der Waals surface area (Å²) in [6.07, 6.45) is 3.38. The number of nitrogens with zero attached hydrogens (tertiary/aromatic N) is 1. The van der Waals surface area contributed by atoms with Gasteiger partial charge >= 0.3 is 0 Å². The zero-order chi connectivity index (χ0) is 18.1. The fraction of sp³-hybridized carbons (Fsp3) is 0.286. The van der Waals surface area contributed by atoms with Crippen LogP contribution in [-0.4, -0.2) is 38.1 Å². The van der Waals surface area contributed by atoms with E-state index in [2.05, 4.69) is 10.2 Å². The Hall–Kier alpha value is -2.59. The standard InChI is InChI=1S/C21H26N2O2/c1-4-25-19-13-10-17(11-14-19)12-15-21(24)22-20(16-23(2)3)18-8-6-5-7-9-18/h5-15,20H,4,16H2,1-3H3,(H,22,24)/b15-12+/t20-/m1/s1. The van der Waals surface area contributed by atoms with Crippen molar-refractivity contribution in [3.05, 3.63) is 71.8 Å². The Morgan fingerprint density at radius 2 is 1.80 bits per heavy atom. The average molecular weight is 338 g/mol. The van der Waals surface area contributed by atoms with Crippen molar-refractivity contribution >= 4 is 12.0 Å². The Labute approximate surface area is 150 Å². The summed E-state index contributed by atoms with van der Waals surface area (Å²) in [5.74, 6) is 0.726. The van der Waals surface area contributed by atoms with Crippen molar-refractivity contribution in [2.24, 2.45) is 0 Å². The van der Waals surface area contributed by atoms with E-state index in [0.29, 0.717) is 6.61 Å². The van der Waals surface area contributed by atoms with Crippen LogP contribution in [0.2, 0.25) is 0 Å². The number of hydrogen-bond donors (Lipinski definition) is 1. The zero-order valence-electron chi connectivity index (χ0n) is 15.1. The quantitative estimate of drug-likeness (QED) is 0.749. The number of amides is 1. The molecule has 0 fully saturated rings. The van der Waals surface area contributed by atoms with E-state index in [1.54, 1.807) is 6.08 Å². The van der Waals surface area contributed by atoms with Gasteiger partial charge in [-0.25, -0.2) is 0 Å². The van der Waals surface area contributed by atoms with Crippen molar-refractivity contribution in [1.82, 2.24) is 10.2 Å². The van der Waals surface area contributed by atoms with Gasteiger partial charge in [-0.3, -0.25) is 4.79 Å². The molecular weight excluding hydrogens is 312 g/mol. The Morgan fingerprint density at radius 1 is 1.12 bits per heavy atom. The molecule has 2 rings (SSSR count). The fourth-order valence-corrected chi connectivity index (χ4v) is 2.52. The molecule has 4 nitrogen and oxygen atoms in total. The first-order valence-corrected chi connectivity index (χ1v) is 8.49. The van der Waals surface area contributed by atoms with Gasteiger partial charge in [-0.05, 0) is 50.4 Å². The van der Waals surface area contributed by atoms with Crippen LogP contribution in [0, 0.1) is 0 Å². The van der Waals surface area contributed by atoms with E-state index in [1.807, 2.05) is 81.7 Å². The molecule has 0 aromatic heterocycles. The smallest absolute Gasteiger partial charge is 0.244 e. The Balaban J connectivity index is 2.00. The van der Waals surface area contributed by atoms with Crippen LogP contribution in [0.1, 0.15) is 24.1 Å². The van der Waals surface area contributed by atoms with Crippen molar-refractivity contribution < 1.29 is 9.53 Å². The Morgan fingerprint density at radius 3 is 2.40 bits per heavy atom. The lowest BCUT2D eigenvalue weighted by atomic mass is 10.1. The summed E-state index contributed by atoms with van der Waals surface area (Å²) in [6.45, 7) is 3.34. The Kier molecular flexibility index (Phi) is 7.23. The van der Waals surface area contributed by atoms with Crippen LogP contribution in [0.4, 0.5) is 0 Å². The van der Waals surface area contributed by atoms with Gasteiger partial charge in [0, 0.05) is 12.6 Å². The van der Waals surface area contributed by atoms with Crippen LogP contribution in [0.3, 0.4) is 0 Å². The van der Waals surface area contributed by atoms with Crippen molar-refractivity contribution in [2.45, 2.75) is 13.0 Å². The second-order valence-electron chi connectivity index (χ2n) is 6.07. The molecule has 4 heteroatoms. The first-order chi connectivity index (χ1) is 12.1. The zero-order valence-corrected chi connectivity index (χ0v) is 15.1. The minimum absolute atomic E-state index is 0.0475. The van der Waals surface area contributed by atoms with Crippen molar-refractivity contribution in [2.75, 3.05) is 27.2 Å². The predicted octanol–water partition coefficient (Wildman–Crippen LogP) is 3.52. The fourth-order valence-electron chi connectivity index (χ4n) is 2.52. The van der Waals surface area contributed by atoms with Crippen molar-refractivity contribution in [1.29, 1.82) is 0 Å². The second-order valence-corrected chi connectivity index (χ2v) is 6.07. The highest BCUT2D eigenvalue weighted by Crippen LogP contribution is 2.15. The van der Waals surface area contributed by atoms with E-state index < -0.39 is 0 Å². The summed E-state index contributed by atoms with van der Waals surface area (Å²) in [7, 11) is 4.00. The summed E-state index contributed by atoms with van der Waals surface area (Å²) in [6, 6.07) is 17.6. The van der Waals surface area contributed by atoms with Crippen LogP contribution in [0.15, 0.2) is 60.7 Å². The third kappa shape index (κ3) is 6.43. The van der Waals surface area contributed by atoms with Crippen LogP contribution >= 0.6 is 0 Å². The van der Waals surface area contributed by atoms with E-state index in [-0.39, 0.29) is 11.9 Å². The van der Waals surface area contributed by atoms with Gasteiger partial charge in [-0.15, -0.1) is 0 Å². The maximum absolute atomic E-state index is 12.3. The maximum atomic E-state index is 12.3. The molecule has 0 bridgehead atoms. The van der Waals surface area contributed by atoms with E-state index in [4.69, 9.17) is 4.74 Å². The van der Waals surface area contributed by atoms with E-state index in [9.17, 15) is 4.79 Å². The van der Waals surface area contributed by atoms with Gasteiger partial charge in [0.15, 0.2) is 0 Å². The first kappa shape index (κ1) is 18.7. The third-order valence-electron chi connectivity index (χ3n) is 3.68. The highest BCUT2D eigenvalue weighted by atomic mass is 16.5. The molecule has 0 radical (unpaired) electrons. The lowest BCUT2D eigenvalue weighted by molar-refractivity contribution is -0.117. The molecule has 1 amide bonds. The molecule has 0 saturated heterocycles. The monoisotopic (exact) mass is 338 g/mol. The topological polar surface area (TPSA) is 41.6 Å². The molecule has 2 aromatic carbocycles. The van der Waals surface area contributed by atoms with Gasteiger partial charge in [0.1, 0.15) is 5.75 Å². The molecule has 1 N–H and O–H groups in total. The first-order valence-electron chi connectivity index (χ1n) is 8.49. The van der Waals surface area contributed by atoms with Crippen molar-refractivity contribution in [3.8, 4) is 5.75 Å². The summed E-state index contributed by atoms with van der Waals surface area (Å²) in [5, 5.41) is 3.07. The molecule has 0 spiro atoms. The SMILES string of the molecule is CCOc1ccc(/C=C/C(=O)N[C@H](CN(C)C)c2ccccc2)cc1. The van der Waals surface area contributed by atoms with Gasteiger partial charge < -0.3 is 15.0 Å². The number of carbonyl (C=O) groups excluding carboxylic acids is 1. The number of likely N-dealkylation sites (N-methyl/N-ethyl adjacent to an activating group) is 1. The van der Waals surface area contributed by atoms with Gasteiger partial charge in [0.25, 0.3) is 0 Å². The number of ether oxygens (including phenoxy) is 1. The molecule has 2 aromatic rings. The molecule has 25 heavy (non-hydrogen) atoms. The molecule has 0 aliphatic heterocycles. The normalized spacial score (nSPS) is 12.3. The minimum atomic E-state index is -0.107. The molecule has 1 atom stereocenters. The summed E-state index contributed by atoms with van der Waals surface area (Å²) >= 11 is 0. The predicted molar refractivity (Wildman–Crippen MR) is 103 cm³/mol. The van der Waals surface area contributed by atoms with Gasteiger partial charge in [-0.1, -0.05) is 42.5 Å². The van der Waals surface area contributed by atoms with Crippen LogP contribution in [0.5, 0.6) is 5.75 Å². The molecule has 0 aliphatic rings. The van der Waals surface area contributed by atoms with Crippen LogP contribution in [0.25, 0.3) is 6.08 Å². The second kappa shape index (κ2) is 9.64. The van der Waals surface area contributed by atoms with Crippen molar-refractivity contribution in [3.63, 3.8) is 0 Å². The Bertz CT molecular complexity index is 679. The number of carbonyl (C=O) groups is 1. The summed E-state index contributed by atoms with van der Waals surface area (Å²) in [5.41, 5.74) is 2.06. The van der Waals surface area contributed by atoms with E-state index in [1.165, 1.54) is 0 Å². The highest BCUT2D eigenvalue weighted by Gasteiger charge is 2.13. The number of nitrogens with one attached hydrogen (secondary N) is 1. The van der Waals surface area contributed by atoms with Crippen LogP contribution in [-0.2, 0) is 4.79 Å². The van der Waals surface area contributed by atoms with E-state index in [0.717, 1.165) is 23.4 Å². The van der Waals surface area contributed by atoms with Gasteiger partial charge in [-0.2, -0.15) is 0 Å². The third-order valence-corrected chi connectivity index (χ3v) is 3.68. The molecule has 0 saturated carbocycles. The lowest BCUT2D eigenvalue weighted by Crippen LogP contribution is -2.34. The molecule has 0 unspecified atom stereocenters. The van der Waals surface area contributed by atoms with Crippen LogP contribution < -0.4 is 10.1 Å². The molecule has 0 heterocycles. The number of benzene rings is 2. The minimum Gasteiger partial charge on any atom is -0.494 e. The number of hydrogen-bond acceptors (Lipinski definition) is 3. The number of rotatable bonds is 8. The molecular formula is C21H26N2O2. The maximum Gasteiger partial charge on any atom is 0.244 e. The van der Waals surface area contributed by atoms with E-state index >= 15 is 0 Å². The summed E-state index contributed by atoms with van der Waals surface area (Å²) in [4.78, 5) is 14.4. The highest BCUT2D eigenvalue weighted by molar-refractivity contribution is 5.92. The molecule has 0 aliphatic carbocycles. The van der Waals surface area contributed by atoms with Gasteiger partial charge in [0.05, 0.1) is 12.6 Å². The summed E-state index contributed by atoms with van der Waals surface area (Å²) < 4.78 is 5.42.